The molecule has 0 fully saturated rings. The van der Waals surface area contributed by atoms with Gasteiger partial charge in [-0.2, -0.15) is 5.10 Å². The van der Waals surface area contributed by atoms with Gasteiger partial charge in [0.2, 0.25) is 0 Å². The number of hydrazone groups is 1. The molecule has 2 rings (SSSR count). The van der Waals surface area contributed by atoms with E-state index in [0.717, 1.165) is 11.3 Å². The lowest BCUT2D eigenvalue weighted by Crippen LogP contribution is -2.26. The summed E-state index contributed by atoms with van der Waals surface area (Å²) in [6.45, 7) is 1.94. The average molecular weight is 318 g/mol. The van der Waals surface area contributed by atoms with Gasteiger partial charge in [-0.1, -0.05) is 29.8 Å². The average Bonchev–Trinajstić information content (AvgIpc) is 2.51. The Morgan fingerprint density at radius 3 is 2.82 bits per heavy atom. The van der Waals surface area contributed by atoms with Crippen molar-refractivity contribution >= 4 is 29.4 Å². The smallest absolute Gasteiger partial charge is 0.259 e. The molecule has 0 saturated heterocycles. The maximum atomic E-state index is 11.7. The second-order valence-electron chi connectivity index (χ2n) is 4.62. The van der Waals surface area contributed by atoms with Crippen molar-refractivity contribution in [2.45, 2.75) is 6.92 Å². The number of aromatic hydroxyl groups is 1. The molecule has 0 aliphatic rings. The SMILES string of the molecule is Cc1c(Cl)cccc1NCC(=O)NN=Cc1ccccc1O. The molecule has 6 heteroatoms. The summed E-state index contributed by atoms with van der Waals surface area (Å²) in [5.74, 6) is -0.195. The maximum Gasteiger partial charge on any atom is 0.259 e. The number of carbonyl (C=O) groups excluding carboxylic acids is 1. The van der Waals surface area contributed by atoms with Gasteiger partial charge in [0.25, 0.3) is 5.91 Å². The predicted molar refractivity (Wildman–Crippen MR) is 88.5 cm³/mol. The summed E-state index contributed by atoms with van der Waals surface area (Å²) in [7, 11) is 0. The molecule has 0 atom stereocenters. The molecule has 2 aromatic rings. The van der Waals surface area contributed by atoms with E-state index in [1.807, 2.05) is 19.1 Å². The fourth-order valence-corrected chi connectivity index (χ4v) is 1.96. The lowest BCUT2D eigenvalue weighted by atomic mass is 10.2. The van der Waals surface area contributed by atoms with E-state index in [2.05, 4.69) is 15.8 Å². The van der Waals surface area contributed by atoms with Crippen LogP contribution in [-0.4, -0.2) is 23.8 Å². The number of halogens is 1. The molecule has 0 aromatic heterocycles. The van der Waals surface area contributed by atoms with Crippen molar-refractivity contribution < 1.29 is 9.90 Å². The highest BCUT2D eigenvalue weighted by Crippen LogP contribution is 2.22. The number of amides is 1. The van der Waals surface area contributed by atoms with E-state index in [4.69, 9.17) is 11.6 Å². The van der Waals surface area contributed by atoms with Crippen LogP contribution >= 0.6 is 11.6 Å². The highest BCUT2D eigenvalue weighted by Gasteiger charge is 2.04. The molecule has 5 nitrogen and oxygen atoms in total. The summed E-state index contributed by atoms with van der Waals surface area (Å²) < 4.78 is 0. The number of nitrogens with one attached hydrogen (secondary N) is 2. The number of para-hydroxylation sites is 1. The van der Waals surface area contributed by atoms with Crippen LogP contribution in [0.25, 0.3) is 0 Å². The maximum absolute atomic E-state index is 11.7. The first-order valence-electron chi connectivity index (χ1n) is 6.67. The second-order valence-corrected chi connectivity index (χ2v) is 5.03. The Hall–Kier alpha value is -2.53. The van der Waals surface area contributed by atoms with Gasteiger partial charge in [0.15, 0.2) is 0 Å². The van der Waals surface area contributed by atoms with E-state index in [0.29, 0.717) is 10.6 Å². The van der Waals surface area contributed by atoms with Crippen LogP contribution in [-0.2, 0) is 4.79 Å². The Kier molecular flexibility index (Phi) is 5.38. The zero-order valence-corrected chi connectivity index (χ0v) is 12.8. The van der Waals surface area contributed by atoms with E-state index in [-0.39, 0.29) is 18.2 Å². The normalized spacial score (nSPS) is 10.6. The molecule has 0 aliphatic heterocycles. The Balaban J connectivity index is 1.86. The summed E-state index contributed by atoms with van der Waals surface area (Å²) >= 11 is 6.01. The van der Waals surface area contributed by atoms with E-state index in [1.54, 1.807) is 30.3 Å². The Morgan fingerprint density at radius 1 is 1.27 bits per heavy atom. The predicted octanol–water partition coefficient (Wildman–Crippen LogP) is 2.92. The fraction of sp³-hybridized carbons (Fsp3) is 0.125. The second kappa shape index (κ2) is 7.47. The number of rotatable bonds is 5. The number of hydrogen-bond acceptors (Lipinski definition) is 4. The Bertz CT molecular complexity index is 702. The molecule has 2 aromatic carbocycles. The minimum absolute atomic E-state index is 0.0687. The first-order chi connectivity index (χ1) is 10.6. The summed E-state index contributed by atoms with van der Waals surface area (Å²) in [6, 6.07) is 12.2. The lowest BCUT2D eigenvalue weighted by Gasteiger charge is -2.09. The van der Waals surface area contributed by atoms with Crippen LogP contribution in [0.5, 0.6) is 5.75 Å². The highest BCUT2D eigenvalue weighted by atomic mass is 35.5. The third-order valence-corrected chi connectivity index (χ3v) is 3.45. The van der Waals surface area contributed by atoms with Gasteiger partial charge < -0.3 is 10.4 Å². The van der Waals surface area contributed by atoms with Gasteiger partial charge in [0, 0.05) is 16.3 Å². The van der Waals surface area contributed by atoms with Gasteiger partial charge in [-0.25, -0.2) is 5.43 Å². The number of hydrogen-bond donors (Lipinski definition) is 3. The van der Waals surface area contributed by atoms with E-state index in [9.17, 15) is 9.90 Å². The van der Waals surface area contributed by atoms with Crippen LogP contribution in [0.2, 0.25) is 5.02 Å². The molecule has 0 heterocycles. The minimum atomic E-state index is -0.300. The molecule has 3 N–H and O–H groups in total. The molecular formula is C16H16ClN3O2. The number of anilines is 1. The highest BCUT2D eigenvalue weighted by molar-refractivity contribution is 6.31. The number of phenolic OH excluding ortho intramolecular Hbond substituents is 1. The van der Waals surface area contributed by atoms with E-state index in [1.165, 1.54) is 6.21 Å². The van der Waals surface area contributed by atoms with Crippen LogP contribution in [0.3, 0.4) is 0 Å². The third-order valence-electron chi connectivity index (χ3n) is 3.04. The molecule has 114 valence electrons. The summed E-state index contributed by atoms with van der Waals surface area (Å²) in [5, 5.41) is 17.0. The largest absolute Gasteiger partial charge is 0.507 e. The number of phenols is 1. The van der Waals surface area contributed by atoms with Crippen molar-refractivity contribution in [3.05, 3.63) is 58.6 Å². The number of carbonyl (C=O) groups is 1. The van der Waals surface area contributed by atoms with Crippen LogP contribution in [0.4, 0.5) is 5.69 Å². The molecule has 0 radical (unpaired) electrons. The van der Waals surface area contributed by atoms with Gasteiger partial charge in [-0.3, -0.25) is 4.79 Å². The monoisotopic (exact) mass is 317 g/mol. The summed E-state index contributed by atoms with van der Waals surface area (Å²) in [5.41, 5.74) is 4.60. The van der Waals surface area contributed by atoms with Crippen molar-refractivity contribution in [3.63, 3.8) is 0 Å². The van der Waals surface area contributed by atoms with Crippen molar-refractivity contribution in [1.29, 1.82) is 0 Å². The summed E-state index contributed by atoms with van der Waals surface area (Å²) in [4.78, 5) is 11.7. The molecule has 0 saturated carbocycles. The van der Waals surface area contributed by atoms with Crippen molar-refractivity contribution in [2.24, 2.45) is 5.10 Å². The van der Waals surface area contributed by atoms with Gasteiger partial charge in [-0.05, 0) is 36.8 Å². The molecule has 0 spiro atoms. The Morgan fingerprint density at radius 2 is 2.05 bits per heavy atom. The van der Waals surface area contributed by atoms with Crippen molar-refractivity contribution in [2.75, 3.05) is 11.9 Å². The molecule has 1 amide bonds. The number of benzene rings is 2. The standard InChI is InChI=1S/C16H16ClN3O2/c1-11-13(17)6-4-7-14(11)18-10-16(22)20-19-9-12-5-2-3-8-15(12)21/h2-9,18,21H,10H2,1H3,(H,20,22). The van der Waals surface area contributed by atoms with Gasteiger partial charge in [0.05, 0.1) is 12.8 Å². The fourth-order valence-electron chi connectivity index (χ4n) is 1.78. The lowest BCUT2D eigenvalue weighted by molar-refractivity contribution is -0.119. The first-order valence-corrected chi connectivity index (χ1v) is 7.04. The minimum Gasteiger partial charge on any atom is -0.507 e. The molecular weight excluding hydrogens is 302 g/mol. The third kappa shape index (κ3) is 4.23. The first kappa shape index (κ1) is 15.9. The topological polar surface area (TPSA) is 73.7 Å². The molecule has 0 bridgehead atoms. The van der Waals surface area contributed by atoms with E-state index >= 15 is 0 Å². The Labute approximate surface area is 133 Å². The van der Waals surface area contributed by atoms with Crippen molar-refractivity contribution in [3.8, 4) is 5.75 Å². The summed E-state index contributed by atoms with van der Waals surface area (Å²) in [6.07, 6.45) is 1.39. The van der Waals surface area contributed by atoms with Gasteiger partial charge in [-0.15, -0.1) is 0 Å². The van der Waals surface area contributed by atoms with E-state index < -0.39 is 0 Å². The van der Waals surface area contributed by atoms with Crippen molar-refractivity contribution in [1.82, 2.24) is 5.43 Å². The van der Waals surface area contributed by atoms with Gasteiger partial charge in [0.1, 0.15) is 5.75 Å². The van der Waals surface area contributed by atoms with Gasteiger partial charge >= 0.3 is 0 Å². The van der Waals surface area contributed by atoms with Crippen LogP contribution in [0.15, 0.2) is 47.6 Å². The quantitative estimate of drug-likeness (QED) is 0.586. The van der Waals surface area contributed by atoms with Crippen LogP contribution in [0, 0.1) is 6.92 Å². The molecule has 0 unspecified atom stereocenters. The van der Waals surface area contributed by atoms with Crippen LogP contribution in [0.1, 0.15) is 11.1 Å². The van der Waals surface area contributed by atoms with Crippen LogP contribution < -0.4 is 10.7 Å². The molecule has 0 aliphatic carbocycles. The number of nitrogens with zero attached hydrogens (tertiary/aromatic N) is 1. The molecule has 22 heavy (non-hydrogen) atoms. The zero-order valence-electron chi connectivity index (χ0n) is 12.0. The zero-order chi connectivity index (χ0) is 15.9.